The van der Waals surface area contributed by atoms with E-state index >= 15 is 0 Å². The topological polar surface area (TPSA) is 67.2 Å². The van der Waals surface area contributed by atoms with Crippen LogP contribution in [0.1, 0.15) is 17.7 Å². The van der Waals surface area contributed by atoms with Gasteiger partial charge in [0.25, 0.3) is 0 Å². The number of hydrogen-bond acceptors (Lipinski definition) is 4. The van der Waals surface area contributed by atoms with Crippen LogP contribution in [0.25, 0.3) is 0 Å². The highest BCUT2D eigenvalue weighted by atomic mass is 32.2. The fourth-order valence-electron chi connectivity index (χ4n) is 1.87. The largest absolute Gasteiger partial charge is 0.390 e. The zero-order chi connectivity index (χ0) is 15.2. The van der Waals surface area contributed by atoms with Gasteiger partial charge >= 0.3 is 0 Å². The van der Waals surface area contributed by atoms with E-state index in [1.54, 1.807) is 6.20 Å². The van der Waals surface area contributed by atoms with Crippen molar-refractivity contribution >= 4 is 23.4 Å². The molecule has 112 valence electrons. The van der Waals surface area contributed by atoms with Gasteiger partial charge in [-0.1, -0.05) is 30.0 Å². The molecule has 0 aliphatic carbocycles. The second-order valence-electron chi connectivity index (χ2n) is 4.71. The van der Waals surface area contributed by atoms with Crippen molar-refractivity contribution < 1.29 is 9.90 Å². The number of rotatable bonds is 6. The first-order valence-corrected chi connectivity index (χ1v) is 7.70. The first-order valence-electron chi connectivity index (χ1n) is 6.71. The summed E-state index contributed by atoms with van der Waals surface area (Å²) in [5.74, 6) is 0.640. The Morgan fingerprint density at radius 2 is 2.19 bits per heavy atom. The van der Waals surface area contributed by atoms with Crippen LogP contribution in [0.5, 0.6) is 0 Å². The van der Waals surface area contributed by atoms with E-state index in [0.29, 0.717) is 12.2 Å². The quantitative estimate of drug-likeness (QED) is 0.804. The highest BCUT2D eigenvalue weighted by Gasteiger charge is 2.08. The Bertz CT molecular complexity index is 625. The smallest absolute Gasteiger partial charge is 0.225 e. The number of aromatic nitrogens is 2. The summed E-state index contributed by atoms with van der Waals surface area (Å²) in [4.78, 5) is 16.1. The molecule has 2 rings (SSSR count). The fraction of sp³-hybridized carbons (Fsp3) is 0.333. The molecule has 0 unspecified atom stereocenters. The molecule has 2 aromatic rings. The van der Waals surface area contributed by atoms with E-state index in [2.05, 4.69) is 10.3 Å². The third-order valence-corrected chi connectivity index (χ3v) is 4.23. The van der Waals surface area contributed by atoms with Crippen LogP contribution in [0.2, 0.25) is 0 Å². The Kier molecular flexibility index (Phi) is 5.41. The summed E-state index contributed by atoms with van der Waals surface area (Å²) in [6, 6.07) is 7.71. The Hall–Kier alpha value is -1.79. The first kappa shape index (κ1) is 15.6. The van der Waals surface area contributed by atoms with Crippen LogP contribution in [-0.2, 0) is 18.4 Å². The van der Waals surface area contributed by atoms with Crippen molar-refractivity contribution in [2.75, 3.05) is 11.1 Å². The van der Waals surface area contributed by atoms with Crippen LogP contribution in [0.15, 0.2) is 35.6 Å². The summed E-state index contributed by atoms with van der Waals surface area (Å²) < 4.78 is 1.84. The van der Waals surface area contributed by atoms with Crippen LogP contribution in [-0.4, -0.2) is 26.3 Å². The molecule has 0 fully saturated rings. The van der Waals surface area contributed by atoms with Gasteiger partial charge in [-0.05, 0) is 18.6 Å². The van der Waals surface area contributed by atoms with Gasteiger partial charge in [-0.15, -0.1) is 0 Å². The van der Waals surface area contributed by atoms with Crippen molar-refractivity contribution in [1.82, 2.24) is 9.55 Å². The average molecular weight is 305 g/mol. The molecule has 0 spiro atoms. The highest BCUT2D eigenvalue weighted by molar-refractivity contribution is 7.99. The normalized spacial score (nSPS) is 10.6. The lowest BCUT2D eigenvalue weighted by atomic mass is 10.2. The monoisotopic (exact) mass is 305 g/mol. The minimum Gasteiger partial charge on any atom is -0.390 e. The number of nitrogens with zero attached hydrogens (tertiary/aromatic N) is 2. The summed E-state index contributed by atoms with van der Waals surface area (Å²) in [6.45, 7) is 1.94. The molecule has 0 saturated heterocycles. The molecule has 0 aliphatic heterocycles. The molecule has 1 aromatic carbocycles. The van der Waals surface area contributed by atoms with E-state index in [-0.39, 0.29) is 12.5 Å². The van der Waals surface area contributed by atoms with E-state index < -0.39 is 0 Å². The van der Waals surface area contributed by atoms with Gasteiger partial charge in [-0.3, -0.25) is 4.79 Å². The van der Waals surface area contributed by atoms with Crippen LogP contribution >= 0.6 is 11.8 Å². The van der Waals surface area contributed by atoms with Crippen molar-refractivity contribution in [2.24, 2.45) is 7.05 Å². The van der Waals surface area contributed by atoms with E-state index in [1.165, 1.54) is 11.8 Å². The lowest BCUT2D eigenvalue weighted by Gasteiger charge is -2.08. The maximum absolute atomic E-state index is 11.9. The number of para-hydroxylation sites is 1. The molecule has 1 heterocycles. The van der Waals surface area contributed by atoms with E-state index in [9.17, 15) is 4.79 Å². The predicted octanol–water partition coefficient (Wildman–Crippen LogP) is 2.34. The molecule has 5 nitrogen and oxygen atoms in total. The van der Waals surface area contributed by atoms with Crippen molar-refractivity contribution in [2.45, 2.75) is 25.1 Å². The number of thioether (sulfide) groups is 1. The van der Waals surface area contributed by atoms with Crippen molar-refractivity contribution in [1.29, 1.82) is 0 Å². The van der Waals surface area contributed by atoms with Gasteiger partial charge in [0.15, 0.2) is 5.16 Å². The number of hydrogen-bond donors (Lipinski definition) is 2. The van der Waals surface area contributed by atoms with E-state index in [0.717, 1.165) is 22.1 Å². The number of aryl methyl sites for hydroxylation is 1. The maximum Gasteiger partial charge on any atom is 0.225 e. The Morgan fingerprint density at radius 1 is 1.43 bits per heavy atom. The summed E-state index contributed by atoms with van der Waals surface area (Å²) in [7, 11) is 1.86. The SMILES string of the molecule is Cc1ccccc1NC(=O)CCSc1ncc(CO)n1C. The third-order valence-electron chi connectivity index (χ3n) is 3.18. The van der Waals surface area contributed by atoms with Gasteiger partial charge in [-0.25, -0.2) is 4.98 Å². The van der Waals surface area contributed by atoms with Crippen LogP contribution in [0.4, 0.5) is 5.69 Å². The lowest BCUT2D eigenvalue weighted by Crippen LogP contribution is -2.13. The molecule has 21 heavy (non-hydrogen) atoms. The standard InChI is InChI=1S/C15H19N3O2S/c1-11-5-3-4-6-13(11)17-14(20)7-8-21-15-16-9-12(10-19)18(15)2/h3-6,9,19H,7-8,10H2,1-2H3,(H,17,20). The van der Waals surface area contributed by atoms with Crippen molar-refractivity contribution in [3.8, 4) is 0 Å². The minimum atomic E-state index is -0.0299. The molecule has 0 saturated carbocycles. The first-order chi connectivity index (χ1) is 10.1. The van der Waals surface area contributed by atoms with Crippen LogP contribution < -0.4 is 5.32 Å². The van der Waals surface area contributed by atoms with Crippen molar-refractivity contribution in [3.63, 3.8) is 0 Å². The van der Waals surface area contributed by atoms with Gasteiger partial charge < -0.3 is 15.0 Å². The molecule has 0 aliphatic rings. The lowest BCUT2D eigenvalue weighted by molar-refractivity contribution is -0.115. The van der Waals surface area contributed by atoms with Crippen molar-refractivity contribution in [3.05, 3.63) is 41.7 Å². The molecular weight excluding hydrogens is 286 g/mol. The molecule has 1 aromatic heterocycles. The van der Waals surface area contributed by atoms with E-state index in [4.69, 9.17) is 5.11 Å². The number of imidazole rings is 1. The molecular formula is C15H19N3O2S. The number of carbonyl (C=O) groups is 1. The fourth-order valence-corrected chi connectivity index (χ4v) is 2.78. The number of aliphatic hydroxyl groups is 1. The molecule has 2 N–H and O–H groups in total. The van der Waals surface area contributed by atoms with Crippen LogP contribution in [0, 0.1) is 6.92 Å². The van der Waals surface area contributed by atoms with Gasteiger partial charge in [0.1, 0.15) is 0 Å². The Balaban J connectivity index is 1.82. The Morgan fingerprint density at radius 3 is 2.86 bits per heavy atom. The summed E-state index contributed by atoms with van der Waals surface area (Å²) in [6.07, 6.45) is 2.07. The minimum absolute atomic E-state index is 0.00612. The Labute approximate surface area is 128 Å². The maximum atomic E-state index is 11.9. The van der Waals surface area contributed by atoms with Gasteiger partial charge in [0, 0.05) is 24.9 Å². The number of aliphatic hydroxyl groups excluding tert-OH is 1. The van der Waals surface area contributed by atoms with Crippen LogP contribution in [0.3, 0.4) is 0 Å². The molecule has 1 amide bonds. The van der Waals surface area contributed by atoms with E-state index in [1.807, 2.05) is 42.8 Å². The number of amides is 1. The second-order valence-corrected chi connectivity index (χ2v) is 5.77. The molecule has 0 atom stereocenters. The number of anilines is 1. The average Bonchev–Trinajstić information content (AvgIpc) is 2.82. The molecule has 0 radical (unpaired) electrons. The summed E-state index contributed by atoms with van der Waals surface area (Å²) in [5, 5.41) is 12.8. The second kappa shape index (κ2) is 7.28. The van der Waals surface area contributed by atoms with Gasteiger partial charge in [-0.2, -0.15) is 0 Å². The van der Waals surface area contributed by atoms with Gasteiger partial charge in [0.05, 0.1) is 18.5 Å². The number of carbonyl (C=O) groups excluding carboxylic acids is 1. The third kappa shape index (κ3) is 4.09. The zero-order valence-electron chi connectivity index (χ0n) is 12.2. The number of benzene rings is 1. The van der Waals surface area contributed by atoms with Gasteiger partial charge in [0.2, 0.25) is 5.91 Å². The predicted molar refractivity (Wildman–Crippen MR) is 84.3 cm³/mol. The molecule has 0 bridgehead atoms. The highest BCUT2D eigenvalue weighted by Crippen LogP contribution is 2.19. The summed E-state index contributed by atoms with van der Waals surface area (Å²) >= 11 is 1.51. The zero-order valence-corrected chi connectivity index (χ0v) is 13.0. The molecule has 6 heteroatoms. The summed E-state index contributed by atoms with van der Waals surface area (Å²) in [5.41, 5.74) is 2.67. The number of nitrogens with one attached hydrogen (secondary N) is 1.